The molecule has 0 spiro atoms. The smallest absolute Gasteiger partial charge is 0.118 e. The Bertz CT molecular complexity index is 519. The third-order valence-corrected chi connectivity index (χ3v) is 3.42. The summed E-state index contributed by atoms with van der Waals surface area (Å²) in [5.74, 6) is 0.891. The zero-order valence-electron chi connectivity index (χ0n) is 12.5. The Labute approximate surface area is 120 Å². The quantitative estimate of drug-likeness (QED) is 0.843. The highest BCUT2D eigenvalue weighted by atomic mass is 16.5. The van der Waals surface area contributed by atoms with Gasteiger partial charge in [0.05, 0.1) is 13.3 Å². The molecule has 1 aromatic heterocycles. The highest BCUT2D eigenvalue weighted by Gasteiger charge is 2.12. The Balaban J connectivity index is 2.12. The summed E-state index contributed by atoms with van der Waals surface area (Å²) in [6.45, 7) is 6.08. The average Bonchev–Trinajstić information content (AvgIpc) is 2.95. The summed E-state index contributed by atoms with van der Waals surface area (Å²) < 4.78 is 7.18. The van der Waals surface area contributed by atoms with Crippen molar-refractivity contribution < 1.29 is 4.74 Å². The standard InChI is InChI=1S/C16H23N3O/c1-4-17-16(10-13-11-18-19(5-2)12-13)14-6-8-15(20-3)9-7-14/h6-9,11-12,16-17H,4-5,10H2,1-3H3. The minimum atomic E-state index is 0.306. The monoisotopic (exact) mass is 273 g/mol. The van der Waals surface area contributed by atoms with Crippen molar-refractivity contribution in [2.75, 3.05) is 13.7 Å². The molecule has 4 nitrogen and oxygen atoms in total. The minimum absolute atomic E-state index is 0.306. The van der Waals surface area contributed by atoms with Crippen LogP contribution in [-0.4, -0.2) is 23.4 Å². The number of benzene rings is 1. The second-order valence-corrected chi connectivity index (χ2v) is 4.79. The van der Waals surface area contributed by atoms with E-state index >= 15 is 0 Å². The van der Waals surface area contributed by atoms with E-state index in [-0.39, 0.29) is 0 Å². The lowest BCUT2D eigenvalue weighted by molar-refractivity contribution is 0.414. The topological polar surface area (TPSA) is 39.1 Å². The third kappa shape index (κ3) is 3.61. The zero-order valence-corrected chi connectivity index (χ0v) is 12.5. The molecule has 0 fully saturated rings. The normalized spacial score (nSPS) is 12.3. The summed E-state index contributed by atoms with van der Waals surface area (Å²) >= 11 is 0. The molecule has 0 radical (unpaired) electrons. The van der Waals surface area contributed by atoms with Crippen LogP contribution in [0, 0.1) is 0 Å². The van der Waals surface area contributed by atoms with Crippen molar-refractivity contribution in [1.29, 1.82) is 0 Å². The molecule has 108 valence electrons. The van der Waals surface area contributed by atoms with Crippen molar-refractivity contribution in [1.82, 2.24) is 15.1 Å². The number of likely N-dealkylation sites (N-methyl/N-ethyl adjacent to an activating group) is 1. The Morgan fingerprint density at radius 3 is 2.55 bits per heavy atom. The van der Waals surface area contributed by atoms with Gasteiger partial charge in [0.25, 0.3) is 0 Å². The molecular formula is C16H23N3O. The van der Waals surface area contributed by atoms with Gasteiger partial charge in [-0.2, -0.15) is 5.10 Å². The second kappa shape index (κ2) is 7.10. The highest BCUT2D eigenvalue weighted by molar-refractivity contribution is 5.30. The summed E-state index contributed by atoms with van der Waals surface area (Å²) in [6, 6.07) is 8.57. The Morgan fingerprint density at radius 2 is 2.00 bits per heavy atom. The number of methoxy groups -OCH3 is 1. The Hall–Kier alpha value is -1.81. The number of hydrogen-bond donors (Lipinski definition) is 1. The fourth-order valence-corrected chi connectivity index (χ4v) is 2.31. The van der Waals surface area contributed by atoms with Crippen LogP contribution in [0.1, 0.15) is 31.0 Å². The molecule has 1 aromatic carbocycles. The van der Waals surface area contributed by atoms with Crippen LogP contribution in [0.3, 0.4) is 0 Å². The van der Waals surface area contributed by atoms with Crippen molar-refractivity contribution in [2.45, 2.75) is 32.9 Å². The van der Waals surface area contributed by atoms with Gasteiger partial charge in [0.1, 0.15) is 5.75 Å². The molecule has 20 heavy (non-hydrogen) atoms. The van der Waals surface area contributed by atoms with Gasteiger partial charge in [-0.15, -0.1) is 0 Å². The van der Waals surface area contributed by atoms with E-state index in [1.54, 1.807) is 7.11 Å². The van der Waals surface area contributed by atoms with Crippen LogP contribution >= 0.6 is 0 Å². The first-order chi connectivity index (χ1) is 9.76. The number of ether oxygens (including phenoxy) is 1. The molecule has 1 heterocycles. The lowest BCUT2D eigenvalue weighted by atomic mass is 10.0. The SMILES string of the molecule is CCNC(Cc1cnn(CC)c1)c1ccc(OC)cc1. The summed E-state index contributed by atoms with van der Waals surface area (Å²) in [7, 11) is 1.69. The molecule has 1 N–H and O–H groups in total. The molecule has 1 unspecified atom stereocenters. The predicted molar refractivity (Wildman–Crippen MR) is 81.0 cm³/mol. The summed E-state index contributed by atoms with van der Waals surface area (Å²) in [6.07, 6.45) is 5.02. The molecule has 0 saturated carbocycles. The average molecular weight is 273 g/mol. The van der Waals surface area contributed by atoms with E-state index in [4.69, 9.17) is 4.74 Å². The largest absolute Gasteiger partial charge is 0.497 e. The van der Waals surface area contributed by atoms with Gasteiger partial charge in [-0.05, 0) is 43.1 Å². The summed E-state index contributed by atoms with van der Waals surface area (Å²) in [5, 5.41) is 7.87. The van der Waals surface area contributed by atoms with Gasteiger partial charge in [0.15, 0.2) is 0 Å². The molecule has 0 aliphatic heterocycles. The van der Waals surface area contributed by atoms with Crippen LogP contribution in [-0.2, 0) is 13.0 Å². The molecule has 1 atom stereocenters. The summed E-state index contributed by atoms with van der Waals surface area (Å²) in [4.78, 5) is 0. The fraction of sp³-hybridized carbons (Fsp3) is 0.438. The maximum absolute atomic E-state index is 5.21. The molecule has 0 amide bonds. The van der Waals surface area contributed by atoms with E-state index < -0.39 is 0 Å². The second-order valence-electron chi connectivity index (χ2n) is 4.79. The van der Waals surface area contributed by atoms with E-state index in [9.17, 15) is 0 Å². The number of hydrogen-bond acceptors (Lipinski definition) is 3. The third-order valence-electron chi connectivity index (χ3n) is 3.42. The first-order valence-corrected chi connectivity index (χ1v) is 7.15. The van der Waals surface area contributed by atoms with Gasteiger partial charge in [-0.25, -0.2) is 0 Å². The van der Waals surface area contributed by atoms with Crippen LogP contribution < -0.4 is 10.1 Å². The van der Waals surface area contributed by atoms with Gasteiger partial charge in [-0.3, -0.25) is 4.68 Å². The van der Waals surface area contributed by atoms with Gasteiger partial charge in [0, 0.05) is 18.8 Å². The van der Waals surface area contributed by atoms with E-state index in [1.165, 1.54) is 11.1 Å². The first kappa shape index (κ1) is 14.6. The highest BCUT2D eigenvalue weighted by Crippen LogP contribution is 2.21. The van der Waals surface area contributed by atoms with Crippen LogP contribution in [0.15, 0.2) is 36.7 Å². The first-order valence-electron chi connectivity index (χ1n) is 7.15. The van der Waals surface area contributed by atoms with Crippen LogP contribution in [0.5, 0.6) is 5.75 Å². The molecule has 0 aliphatic rings. The van der Waals surface area contributed by atoms with Gasteiger partial charge >= 0.3 is 0 Å². The van der Waals surface area contributed by atoms with Crippen molar-refractivity contribution in [2.24, 2.45) is 0 Å². The van der Waals surface area contributed by atoms with E-state index in [1.807, 2.05) is 23.0 Å². The van der Waals surface area contributed by atoms with Crippen LogP contribution in [0.25, 0.3) is 0 Å². The van der Waals surface area contributed by atoms with Crippen molar-refractivity contribution in [3.63, 3.8) is 0 Å². The van der Waals surface area contributed by atoms with Crippen LogP contribution in [0.2, 0.25) is 0 Å². The fourth-order valence-electron chi connectivity index (χ4n) is 2.31. The maximum atomic E-state index is 5.21. The maximum Gasteiger partial charge on any atom is 0.118 e. The lowest BCUT2D eigenvalue weighted by Crippen LogP contribution is -2.22. The van der Waals surface area contributed by atoms with Crippen molar-refractivity contribution in [3.05, 3.63) is 47.8 Å². The Morgan fingerprint density at radius 1 is 1.25 bits per heavy atom. The minimum Gasteiger partial charge on any atom is -0.497 e. The van der Waals surface area contributed by atoms with Crippen molar-refractivity contribution >= 4 is 0 Å². The molecule has 0 aliphatic carbocycles. The van der Waals surface area contributed by atoms with Gasteiger partial charge in [0.2, 0.25) is 0 Å². The number of nitrogens with one attached hydrogen (secondary N) is 1. The molecule has 2 aromatic rings. The molecule has 0 bridgehead atoms. The predicted octanol–water partition coefficient (Wildman–Crippen LogP) is 2.80. The zero-order chi connectivity index (χ0) is 14.4. The summed E-state index contributed by atoms with van der Waals surface area (Å²) in [5.41, 5.74) is 2.53. The number of rotatable bonds is 7. The lowest BCUT2D eigenvalue weighted by Gasteiger charge is -2.18. The number of aromatic nitrogens is 2. The number of nitrogens with zero attached hydrogens (tertiary/aromatic N) is 2. The van der Waals surface area contributed by atoms with E-state index in [0.717, 1.165) is 25.3 Å². The molecule has 2 rings (SSSR count). The van der Waals surface area contributed by atoms with Gasteiger partial charge < -0.3 is 10.1 Å². The van der Waals surface area contributed by atoms with Crippen molar-refractivity contribution in [3.8, 4) is 5.75 Å². The van der Waals surface area contributed by atoms with Gasteiger partial charge in [-0.1, -0.05) is 19.1 Å². The Kier molecular flexibility index (Phi) is 5.18. The molecular weight excluding hydrogens is 250 g/mol. The number of aryl methyl sites for hydroxylation is 1. The van der Waals surface area contributed by atoms with E-state index in [0.29, 0.717) is 6.04 Å². The van der Waals surface area contributed by atoms with Crippen LogP contribution in [0.4, 0.5) is 0 Å². The van der Waals surface area contributed by atoms with E-state index in [2.05, 4.69) is 42.6 Å². The molecule has 0 saturated heterocycles. The molecule has 4 heteroatoms.